The van der Waals surface area contributed by atoms with Gasteiger partial charge in [0, 0.05) is 9.92 Å². The van der Waals surface area contributed by atoms with E-state index in [0.29, 0.717) is 21.3 Å². The van der Waals surface area contributed by atoms with Gasteiger partial charge in [-0.2, -0.15) is 0 Å². The first-order valence-corrected chi connectivity index (χ1v) is 6.57. The number of esters is 1. The van der Waals surface area contributed by atoms with E-state index >= 15 is 0 Å². The number of nitrogen functional groups attached to an aromatic ring is 1. The first-order valence-electron chi connectivity index (χ1n) is 5.37. The highest BCUT2D eigenvalue weighted by molar-refractivity contribution is 7.99. The maximum absolute atomic E-state index is 11.5. The summed E-state index contributed by atoms with van der Waals surface area (Å²) in [5, 5.41) is 1.30. The predicted molar refractivity (Wildman–Crippen MR) is 75.6 cm³/mol. The summed E-state index contributed by atoms with van der Waals surface area (Å²) in [6, 6.07) is 8.98. The van der Waals surface area contributed by atoms with Crippen LogP contribution in [0.2, 0.25) is 5.02 Å². The van der Waals surface area contributed by atoms with Gasteiger partial charge >= 0.3 is 5.97 Å². The van der Waals surface area contributed by atoms with E-state index in [1.807, 2.05) is 18.2 Å². The Morgan fingerprint density at radius 1 is 1.42 bits per heavy atom. The zero-order valence-corrected chi connectivity index (χ0v) is 11.7. The molecule has 0 fully saturated rings. The largest absolute Gasteiger partial charge is 0.465 e. The number of carbonyl (C=O) groups excluding carboxylic acids is 1. The SMILES string of the molecule is COC(=O)c1cc(Sc2cccc(Cl)c2)ncc1N. The number of nitrogens with two attached hydrogens (primary N) is 1. The number of ether oxygens (including phenoxy) is 1. The van der Waals surface area contributed by atoms with Crippen molar-refractivity contribution < 1.29 is 9.53 Å². The van der Waals surface area contributed by atoms with Crippen LogP contribution in [0.4, 0.5) is 5.69 Å². The minimum atomic E-state index is -0.479. The summed E-state index contributed by atoms with van der Waals surface area (Å²) in [6.45, 7) is 0. The molecular weight excluding hydrogens is 284 g/mol. The highest BCUT2D eigenvalue weighted by Crippen LogP contribution is 2.29. The van der Waals surface area contributed by atoms with Gasteiger partial charge in [0.25, 0.3) is 0 Å². The molecule has 2 aromatic rings. The molecule has 0 atom stereocenters. The molecule has 6 heteroatoms. The minimum Gasteiger partial charge on any atom is -0.465 e. The van der Waals surface area contributed by atoms with E-state index in [2.05, 4.69) is 9.72 Å². The van der Waals surface area contributed by atoms with Gasteiger partial charge in [-0.15, -0.1) is 0 Å². The zero-order chi connectivity index (χ0) is 13.8. The fourth-order valence-corrected chi connectivity index (χ4v) is 2.55. The number of benzene rings is 1. The van der Waals surface area contributed by atoms with Gasteiger partial charge < -0.3 is 10.5 Å². The number of aromatic nitrogens is 1. The summed E-state index contributed by atoms with van der Waals surface area (Å²) in [5.41, 5.74) is 6.29. The maximum Gasteiger partial charge on any atom is 0.340 e. The van der Waals surface area contributed by atoms with E-state index < -0.39 is 5.97 Å². The third kappa shape index (κ3) is 3.39. The maximum atomic E-state index is 11.5. The normalized spacial score (nSPS) is 10.2. The van der Waals surface area contributed by atoms with Crippen molar-refractivity contribution in [1.82, 2.24) is 4.98 Å². The van der Waals surface area contributed by atoms with Crippen LogP contribution in [0.5, 0.6) is 0 Å². The van der Waals surface area contributed by atoms with Crippen molar-refractivity contribution in [1.29, 1.82) is 0 Å². The van der Waals surface area contributed by atoms with Crippen LogP contribution in [0.3, 0.4) is 0 Å². The van der Waals surface area contributed by atoms with Crippen molar-refractivity contribution in [2.24, 2.45) is 0 Å². The Morgan fingerprint density at radius 3 is 2.89 bits per heavy atom. The van der Waals surface area contributed by atoms with Gasteiger partial charge in [-0.3, -0.25) is 0 Å². The van der Waals surface area contributed by atoms with Crippen LogP contribution in [0, 0.1) is 0 Å². The molecule has 0 amide bonds. The first-order chi connectivity index (χ1) is 9.10. The molecule has 0 bridgehead atoms. The number of pyridine rings is 1. The second kappa shape index (κ2) is 5.95. The number of nitrogens with zero attached hydrogens (tertiary/aromatic N) is 1. The van der Waals surface area contributed by atoms with Crippen molar-refractivity contribution in [3.8, 4) is 0 Å². The van der Waals surface area contributed by atoms with Crippen LogP contribution in [0.15, 0.2) is 46.5 Å². The molecule has 0 radical (unpaired) electrons. The molecular formula is C13H11ClN2O2S. The number of hydrogen-bond acceptors (Lipinski definition) is 5. The van der Waals surface area contributed by atoms with Gasteiger partial charge in [-0.05, 0) is 24.3 Å². The van der Waals surface area contributed by atoms with Gasteiger partial charge in [0.1, 0.15) is 5.03 Å². The van der Waals surface area contributed by atoms with Crippen LogP contribution >= 0.6 is 23.4 Å². The molecule has 1 aromatic heterocycles. The molecule has 4 nitrogen and oxygen atoms in total. The lowest BCUT2D eigenvalue weighted by molar-refractivity contribution is 0.0601. The quantitative estimate of drug-likeness (QED) is 0.880. The van der Waals surface area contributed by atoms with Crippen LogP contribution in [0.25, 0.3) is 0 Å². The first kappa shape index (κ1) is 13.7. The average molecular weight is 295 g/mol. The molecule has 1 aromatic carbocycles. The van der Waals surface area contributed by atoms with Crippen molar-refractivity contribution in [2.75, 3.05) is 12.8 Å². The highest BCUT2D eigenvalue weighted by Gasteiger charge is 2.12. The number of hydrogen-bond donors (Lipinski definition) is 1. The minimum absolute atomic E-state index is 0.294. The standard InChI is InChI=1S/C13H11ClN2O2S/c1-18-13(17)10-6-12(16-7-11(10)15)19-9-4-2-3-8(14)5-9/h2-7H,15H2,1H3. The fraction of sp³-hybridized carbons (Fsp3) is 0.0769. The third-order valence-electron chi connectivity index (χ3n) is 2.33. The van der Waals surface area contributed by atoms with Gasteiger partial charge in [-0.1, -0.05) is 29.4 Å². The molecule has 0 saturated heterocycles. The molecule has 98 valence electrons. The molecule has 0 aliphatic rings. The van der Waals surface area contributed by atoms with Crippen LogP contribution in [-0.4, -0.2) is 18.1 Å². The molecule has 2 rings (SSSR count). The molecule has 0 saturated carbocycles. The highest BCUT2D eigenvalue weighted by atomic mass is 35.5. The Morgan fingerprint density at radius 2 is 2.21 bits per heavy atom. The van der Waals surface area contributed by atoms with Crippen molar-refractivity contribution >= 4 is 35.0 Å². The fourth-order valence-electron chi connectivity index (χ4n) is 1.44. The van der Waals surface area contributed by atoms with E-state index in [-0.39, 0.29) is 0 Å². The summed E-state index contributed by atoms with van der Waals surface area (Å²) in [6.07, 6.45) is 1.44. The van der Waals surface area contributed by atoms with E-state index in [1.54, 1.807) is 12.1 Å². The Kier molecular flexibility index (Phi) is 4.29. The number of rotatable bonds is 3. The van der Waals surface area contributed by atoms with Gasteiger partial charge in [0.05, 0.1) is 24.6 Å². The number of halogens is 1. The summed E-state index contributed by atoms with van der Waals surface area (Å²) >= 11 is 7.31. The molecule has 2 N–H and O–H groups in total. The smallest absolute Gasteiger partial charge is 0.340 e. The third-order valence-corrected chi connectivity index (χ3v) is 3.49. The lowest BCUT2D eigenvalue weighted by atomic mass is 10.2. The lowest BCUT2D eigenvalue weighted by Gasteiger charge is -2.06. The second-order valence-electron chi connectivity index (χ2n) is 3.66. The molecule has 0 aliphatic heterocycles. The van der Waals surface area contributed by atoms with Crippen LogP contribution < -0.4 is 5.73 Å². The molecule has 19 heavy (non-hydrogen) atoms. The number of anilines is 1. The summed E-state index contributed by atoms with van der Waals surface area (Å²) in [4.78, 5) is 16.6. The number of methoxy groups -OCH3 is 1. The Labute approximate surface area is 119 Å². The second-order valence-corrected chi connectivity index (χ2v) is 5.19. The van der Waals surface area contributed by atoms with Gasteiger partial charge in [-0.25, -0.2) is 9.78 Å². The van der Waals surface area contributed by atoms with Crippen molar-refractivity contribution in [3.63, 3.8) is 0 Å². The Balaban J connectivity index is 2.29. The Bertz CT molecular complexity index is 619. The van der Waals surface area contributed by atoms with E-state index in [9.17, 15) is 4.79 Å². The molecule has 1 heterocycles. The van der Waals surface area contributed by atoms with Crippen LogP contribution in [0.1, 0.15) is 10.4 Å². The molecule has 0 spiro atoms. The lowest BCUT2D eigenvalue weighted by Crippen LogP contribution is -2.06. The zero-order valence-electron chi connectivity index (χ0n) is 10.1. The summed E-state index contributed by atoms with van der Waals surface area (Å²) < 4.78 is 4.66. The van der Waals surface area contributed by atoms with Gasteiger partial charge in [0.15, 0.2) is 0 Å². The molecule has 0 aliphatic carbocycles. The Hall–Kier alpha value is -1.72. The predicted octanol–water partition coefficient (Wildman–Crippen LogP) is 3.26. The van der Waals surface area contributed by atoms with Gasteiger partial charge in [0.2, 0.25) is 0 Å². The van der Waals surface area contributed by atoms with E-state index in [4.69, 9.17) is 17.3 Å². The molecule has 0 unspecified atom stereocenters. The van der Waals surface area contributed by atoms with E-state index in [1.165, 1.54) is 25.1 Å². The van der Waals surface area contributed by atoms with Crippen molar-refractivity contribution in [3.05, 3.63) is 47.1 Å². The average Bonchev–Trinajstić information content (AvgIpc) is 2.40. The van der Waals surface area contributed by atoms with Crippen molar-refractivity contribution in [2.45, 2.75) is 9.92 Å². The van der Waals surface area contributed by atoms with Crippen LogP contribution in [-0.2, 0) is 4.74 Å². The summed E-state index contributed by atoms with van der Waals surface area (Å²) in [5.74, 6) is -0.479. The number of carbonyl (C=O) groups is 1. The topological polar surface area (TPSA) is 65.2 Å². The summed E-state index contributed by atoms with van der Waals surface area (Å²) in [7, 11) is 1.31. The van der Waals surface area contributed by atoms with E-state index in [0.717, 1.165) is 4.90 Å². The monoisotopic (exact) mass is 294 g/mol.